The zero-order valence-electron chi connectivity index (χ0n) is 10.9. The van der Waals surface area contributed by atoms with Crippen molar-refractivity contribution in [3.63, 3.8) is 0 Å². The lowest BCUT2D eigenvalue weighted by molar-refractivity contribution is 0.207. The van der Waals surface area contributed by atoms with Crippen LogP contribution in [-0.2, 0) is 9.31 Å². The summed E-state index contributed by atoms with van der Waals surface area (Å²) >= 11 is 1.74. The topological polar surface area (TPSA) is 18.5 Å². The van der Waals surface area contributed by atoms with E-state index in [1.807, 2.05) is 0 Å². The maximum Gasteiger partial charge on any atom is 0.493 e. The van der Waals surface area contributed by atoms with Crippen molar-refractivity contribution in [1.82, 2.24) is 0 Å². The minimum Gasteiger partial charge on any atom is -0.407 e. The van der Waals surface area contributed by atoms with E-state index in [1.165, 1.54) is 4.90 Å². The predicted molar refractivity (Wildman–Crippen MR) is 76.1 cm³/mol. The van der Waals surface area contributed by atoms with Crippen molar-refractivity contribution >= 4 is 24.3 Å². The van der Waals surface area contributed by atoms with Gasteiger partial charge in [-0.1, -0.05) is 26.0 Å². The van der Waals surface area contributed by atoms with Crippen molar-refractivity contribution in [2.75, 3.05) is 19.5 Å². The third kappa shape index (κ3) is 5.15. The molecule has 0 aliphatic heterocycles. The first-order valence-electron chi connectivity index (χ1n) is 6.19. The Labute approximate surface area is 109 Å². The van der Waals surface area contributed by atoms with Gasteiger partial charge in [0.2, 0.25) is 0 Å². The van der Waals surface area contributed by atoms with Crippen LogP contribution in [0.1, 0.15) is 26.7 Å². The molecule has 0 saturated carbocycles. The fourth-order valence-electron chi connectivity index (χ4n) is 1.48. The molecule has 2 nitrogen and oxygen atoms in total. The monoisotopic (exact) mass is 252 g/mol. The molecule has 17 heavy (non-hydrogen) atoms. The zero-order valence-corrected chi connectivity index (χ0v) is 11.8. The van der Waals surface area contributed by atoms with Crippen LogP contribution in [0.4, 0.5) is 0 Å². The van der Waals surface area contributed by atoms with Gasteiger partial charge in [-0.2, -0.15) is 0 Å². The first-order chi connectivity index (χ1) is 8.31. The third-order valence-electron chi connectivity index (χ3n) is 2.31. The zero-order chi connectivity index (χ0) is 12.5. The second-order valence-corrected chi connectivity index (χ2v) is 4.73. The van der Waals surface area contributed by atoms with Crippen LogP contribution >= 0.6 is 11.8 Å². The molecule has 0 aliphatic carbocycles. The van der Waals surface area contributed by atoms with Gasteiger partial charge in [0.15, 0.2) is 0 Å². The van der Waals surface area contributed by atoms with Crippen LogP contribution in [0.15, 0.2) is 29.2 Å². The van der Waals surface area contributed by atoms with Gasteiger partial charge in [0.25, 0.3) is 0 Å². The standard InChI is InChI=1S/C13H21BO2S/c1-4-9-15-14(16-10-5-2)12-7-6-8-13(11-12)17-3/h6-8,11H,4-5,9-10H2,1-3H3. The van der Waals surface area contributed by atoms with Crippen molar-refractivity contribution in [2.24, 2.45) is 0 Å². The van der Waals surface area contributed by atoms with Crippen LogP contribution in [0.5, 0.6) is 0 Å². The van der Waals surface area contributed by atoms with Crippen LogP contribution in [-0.4, -0.2) is 26.6 Å². The largest absolute Gasteiger partial charge is 0.493 e. The Morgan fingerprint density at radius 2 is 1.76 bits per heavy atom. The molecule has 0 unspecified atom stereocenters. The summed E-state index contributed by atoms with van der Waals surface area (Å²) in [6.45, 7) is 5.68. The highest BCUT2D eigenvalue weighted by molar-refractivity contribution is 7.98. The van der Waals surface area contributed by atoms with Gasteiger partial charge in [0, 0.05) is 18.1 Å². The van der Waals surface area contributed by atoms with Crippen molar-refractivity contribution in [3.8, 4) is 0 Å². The van der Waals surface area contributed by atoms with Crippen LogP contribution in [0.25, 0.3) is 0 Å². The molecule has 94 valence electrons. The first kappa shape index (κ1) is 14.6. The number of thioether (sulfide) groups is 1. The molecule has 4 heteroatoms. The SMILES string of the molecule is CCCOB(OCCC)c1cccc(SC)c1. The van der Waals surface area contributed by atoms with Crippen LogP contribution in [0.2, 0.25) is 0 Å². The average molecular weight is 252 g/mol. The second-order valence-electron chi connectivity index (χ2n) is 3.85. The molecule has 0 fully saturated rings. The summed E-state index contributed by atoms with van der Waals surface area (Å²) < 4.78 is 11.5. The average Bonchev–Trinajstić information content (AvgIpc) is 2.39. The number of rotatable bonds is 8. The first-order valence-corrected chi connectivity index (χ1v) is 7.41. The van der Waals surface area contributed by atoms with Gasteiger partial charge in [0.05, 0.1) is 0 Å². The van der Waals surface area contributed by atoms with Gasteiger partial charge in [-0.05, 0) is 36.7 Å². The van der Waals surface area contributed by atoms with Crippen molar-refractivity contribution in [2.45, 2.75) is 31.6 Å². The summed E-state index contributed by atoms with van der Waals surface area (Å²) in [5, 5.41) is 0. The lowest BCUT2D eigenvalue weighted by Gasteiger charge is -2.14. The van der Waals surface area contributed by atoms with E-state index in [9.17, 15) is 0 Å². The second kappa shape index (κ2) is 8.62. The highest BCUT2D eigenvalue weighted by Crippen LogP contribution is 2.12. The van der Waals surface area contributed by atoms with Crippen molar-refractivity contribution in [3.05, 3.63) is 24.3 Å². The van der Waals surface area contributed by atoms with E-state index in [0.717, 1.165) is 31.5 Å². The molecule has 0 aliphatic rings. The van der Waals surface area contributed by atoms with E-state index in [-0.39, 0.29) is 7.12 Å². The maximum absolute atomic E-state index is 5.75. The Balaban J connectivity index is 2.71. The summed E-state index contributed by atoms with van der Waals surface area (Å²) in [6, 6.07) is 8.36. The molecule has 0 radical (unpaired) electrons. The molecule has 0 amide bonds. The van der Waals surface area contributed by atoms with E-state index in [1.54, 1.807) is 11.8 Å². The lowest BCUT2D eigenvalue weighted by atomic mass is 9.79. The normalized spacial score (nSPS) is 10.5. The van der Waals surface area contributed by atoms with Gasteiger partial charge >= 0.3 is 7.12 Å². The van der Waals surface area contributed by atoms with E-state index >= 15 is 0 Å². The minimum absolute atomic E-state index is 0.220. The Hall–Kier alpha value is -0.445. The van der Waals surface area contributed by atoms with Gasteiger partial charge in [-0.3, -0.25) is 0 Å². The molecule has 1 aromatic carbocycles. The Kier molecular flexibility index (Phi) is 7.41. The number of hydrogen-bond acceptors (Lipinski definition) is 3. The van der Waals surface area contributed by atoms with Gasteiger partial charge in [-0.15, -0.1) is 11.8 Å². The van der Waals surface area contributed by atoms with E-state index in [2.05, 4.69) is 44.4 Å². The van der Waals surface area contributed by atoms with E-state index in [4.69, 9.17) is 9.31 Å². The van der Waals surface area contributed by atoms with Gasteiger partial charge < -0.3 is 9.31 Å². The molecular formula is C13H21BO2S. The quantitative estimate of drug-likeness (QED) is 0.523. The fourth-order valence-corrected chi connectivity index (χ4v) is 1.95. The molecule has 0 heterocycles. The third-order valence-corrected chi connectivity index (χ3v) is 3.04. The molecule has 0 saturated heterocycles. The maximum atomic E-state index is 5.75. The van der Waals surface area contributed by atoms with Crippen molar-refractivity contribution < 1.29 is 9.31 Å². The Morgan fingerprint density at radius 3 is 2.29 bits per heavy atom. The van der Waals surface area contributed by atoms with Crippen LogP contribution < -0.4 is 5.46 Å². The number of hydrogen-bond donors (Lipinski definition) is 0. The molecule has 0 bridgehead atoms. The fraction of sp³-hybridized carbons (Fsp3) is 0.538. The number of benzene rings is 1. The summed E-state index contributed by atoms with van der Waals surface area (Å²) in [5.74, 6) is 0. The summed E-state index contributed by atoms with van der Waals surface area (Å²) in [4.78, 5) is 1.24. The summed E-state index contributed by atoms with van der Waals surface area (Å²) in [6.07, 6.45) is 4.09. The lowest BCUT2D eigenvalue weighted by Crippen LogP contribution is -2.37. The molecule has 0 aromatic heterocycles. The predicted octanol–water partition coefficient (Wildman–Crippen LogP) is 2.96. The van der Waals surface area contributed by atoms with Crippen LogP contribution in [0, 0.1) is 0 Å². The van der Waals surface area contributed by atoms with E-state index in [0.29, 0.717) is 0 Å². The van der Waals surface area contributed by atoms with Crippen LogP contribution in [0.3, 0.4) is 0 Å². The molecular weight excluding hydrogens is 231 g/mol. The molecule has 1 aromatic rings. The molecule has 0 atom stereocenters. The summed E-state index contributed by atoms with van der Waals surface area (Å²) in [5.41, 5.74) is 1.11. The summed E-state index contributed by atoms with van der Waals surface area (Å²) in [7, 11) is -0.220. The molecule has 0 N–H and O–H groups in total. The molecule has 1 rings (SSSR count). The highest BCUT2D eigenvalue weighted by Gasteiger charge is 2.20. The van der Waals surface area contributed by atoms with Crippen molar-refractivity contribution in [1.29, 1.82) is 0 Å². The van der Waals surface area contributed by atoms with Gasteiger partial charge in [-0.25, -0.2) is 0 Å². The highest BCUT2D eigenvalue weighted by atomic mass is 32.2. The molecule has 0 spiro atoms. The van der Waals surface area contributed by atoms with Gasteiger partial charge in [0.1, 0.15) is 0 Å². The minimum atomic E-state index is -0.220. The smallest absolute Gasteiger partial charge is 0.407 e. The Morgan fingerprint density at radius 1 is 1.12 bits per heavy atom. The van der Waals surface area contributed by atoms with E-state index < -0.39 is 0 Å². The Bertz CT molecular complexity index is 312.